The molecule has 0 saturated heterocycles. The number of nitriles is 1. The van der Waals surface area contributed by atoms with E-state index in [0.717, 1.165) is 45.3 Å². The van der Waals surface area contributed by atoms with Crippen molar-refractivity contribution in [2.24, 2.45) is 52.3 Å². The third-order valence-electron chi connectivity index (χ3n) is 12.9. The van der Waals surface area contributed by atoms with E-state index >= 15 is 0 Å². The highest BCUT2D eigenvalue weighted by molar-refractivity contribution is 7.80. The predicted molar refractivity (Wildman–Crippen MR) is 170 cm³/mol. The number of unbranched alkanes of at least 4 members (excludes halogenated alkanes) is 1. The Bertz CT molecular complexity index is 1050. The zero-order chi connectivity index (χ0) is 31.4. The summed E-state index contributed by atoms with van der Waals surface area (Å²) < 4.78 is 37.1. The minimum absolute atomic E-state index is 0.00984. The van der Waals surface area contributed by atoms with Crippen molar-refractivity contribution in [3.05, 3.63) is 0 Å². The molecular weight excluding hydrogens is 562 g/mol. The molecule has 43 heavy (non-hydrogen) atoms. The fourth-order valence-corrected chi connectivity index (χ4v) is 11.2. The lowest BCUT2D eigenvalue weighted by Crippen LogP contribution is -2.59. The van der Waals surface area contributed by atoms with E-state index in [4.69, 9.17) is 9.44 Å². The van der Waals surface area contributed by atoms with Crippen LogP contribution in [0.2, 0.25) is 0 Å². The minimum atomic E-state index is -4.46. The maximum Gasteiger partial charge on any atom is 0.397 e. The molecule has 11 atom stereocenters. The Kier molecular flexibility index (Phi) is 12.1. The molecule has 4 N–H and O–H groups in total. The van der Waals surface area contributed by atoms with E-state index in [-0.39, 0.29) is 17.4 Å². The van der Waals surface area contributed by atoms with Crippen molar-refractivity contribution in [3.8, 4) is 6.07 Å². The summed E-state index contributed by atoms with van der Waals surface area (Å²) in [5, 5.41) is 27.7. The molecule has 0 radical (unpaired) electrons. The summed E-state index contributed by atoms with van der Waals surface area (Å²) in [4.78, 5) is 0. The van der Waals surface area contributed by atoms with Crippen LogP contribution >= 0.6 is 0 Å². The third-order valence-corrected chi connectivity index (χ3v) is 13.4. The highest BCUT2D eigenvalue weighted by atomic mass is 32.3. The standard InChI is InChI=1S/C34H61N3O5S/c1-23(2)31(42-43(39,40)41)12-9-24(3)27-10-11-28-32-29(14-16-34(27,28)5)33(4)15-13-26(21-25(33)22-30(32)38)37-20-8-19-36-18-7-6-17-35/h23-32,36-38H,6-16,18-22H2,1-5H3,(H,39,40,41)/t24-,25-,26+,27-,28+,29+,30-,31-,32+,33+,34-/m1/s1. The fraction of sp³-hybridized carbons (Fsp3) is 0.971. The minimum Gasteiger partial charge on any atom is -0.393 e. The van der Waals surface area contributed by atoms with Gasteiger partial charge < -0.3 is 15.7 Å². The lowest BCUT2D eigenvalue weighted by molar-refractivity contribution is -0.167. The summed E-state index contributed by atoms with van der Waals surface area (Å²) in [6.07, 6.45) is 12.8. The third kappa shape index (κ3) is 8.16. The van der Waals surface area contributed by atoms with Gasteiger partial charge in [-0.25, -0.2) is 4.18 Å². The molecule has 4 saturated carbocycles. The van der Waals surface area contributed by atoms with Gasteiger partial charge in [0.05, 0.1) is 18.3 Å². The second-order valence-electron chi connectivity index (χ2n) is 15.7. The first kappa shape index (κ1) is 35.1. The molecule has 9 heteroatoms. The highest BCUT2D eigenvalue weighted by Crippen LogP contribution is 2.68. The van der Waals surface area contributed by atoms with Crippen molar-refractivity contribution in [1.29, 1.82) is 5.26 Å². The van der Waals surface area contributed by atoms with E-state index in [1.54, 1.807) is 0 Å². The zero-order valence-corrected chi connectivity index (χ0v) is 28.4. The van der Waals surface area contributed by atoms with Crippen molar-refractivity contribution >= 4 is 10.4 Å². The van der Waals surface area contributed by atoms with Crippen LogP contribution in [0.4, 0.5) is 0 Å². The van der Waals surface area contributed by atoms with Crippen molar-refractivity contribution in [2.75, 3.05) is 19.6 Å². The van der Waals surface area contributed by atoms with Crippen LogP contribution in [0.5, 0.6) is 0 Å². The second kappa shape index (κ2) is 14.8. The van der Waals surface area contributed by atoms with Gasteiger partial charge in [-0.15, -0.1) is 0 Å². The van der Waals surface area contributed by atoms with Crippen molar-refractivity contribution in [3.63, 3.8) is 0 Å². The van der Waals surface area contributed by atoms with E-state index in [9.17, 15) is 18.1 Å². The molecule has 4 aliphatic carbocycles. The maximum atomic E-state index is 11.8. The quantitative estimate of drug-likeness (QED) is 0.127. The number of rotatable bonds is 15. The lowest BCUT2D eigenvalue weighted by Gasteiger charge is -2.62. The van der Waals surface area contributed by atoms with Crippen LogP contribution in [0.1, 0.15) is 118 Å². The Morgan fingerprint density at radius 2 is 1.65 bits per heavy atom. The monoisotopic (exact) mass is 623 g/mol. The van der Waals surface area contributed by atoms with Gasteiger partial charge in [0.2, 0.25) is 0 Å². The molecule has 4 aliphatic rings. The summed E-state index contributed by atoms with van der Waals surface area (Å²) >= 11 is 0. The van der Waals surface area contributed by atoms with E-state index in [1.807, 2.05) is 13.8 Å². The van der Waals surface area contributed by atoms with Crippen molar-refractivity contribution < 1.29 is 22.3 Å². The molecule has 0 unspecified atom stereocenters. The molecule has 4 fully saturated rings. The summed E-state index contributed by atoms with van der Waals surface area (Å²) in [5.41, 5.74) is 0.524. The van der Waals surface area contributed by atoms with Gasteiger partial charge in [0.1, 0.15) is 0 Å². The summed E-state index contributed by atoms with van der Waals surface area (Å²) in [5.74, 6) is 3.14. The number of aliphatic hydroxyl groups excluding tert-OH is 1. The SMILES string of the molecule is CC(C)[C@@H](CC[C@@H](C)[C@H]1CC[C@H]2[C@@H]3[C@H](O)C[C@H]4C[C@@H](NCCCNCCCC#N)CC[C@]4(C)[C@H]3CC[C@]12C)OS(=O)(=O)O. The molecule has 0 aromatic rings. The maximum absolute atomic E-state index is 11.8. The van der Waals surface area contributed by atoms with Gasteiger partial charge in [-0.1, -0.05) is 34.6 Å². The molecule has 0 bridgehead atoms. The number of hydrogen-bond acceptors (Lipinski definition) is 7. The smallest absolute Gasteiger partial charge is 0.393 e. The Hall–Kier alpha value is -0.760. The van der Waals surface area contributed by atoms with Gasteiger partial charge in [-0.3, -0.25) is 4.55 Å². The molecule has 8 nitrogen and oxygen atoms in total. The zero-order valence-electron chi connectivity index (χ0n) is 27.6. The molecule has 0 aromatic heterocycles. The first-order chi connectivity index (χ1) is 20.3. The van der Waals surface area contributed by atoms with Crippen molar-refractivity contribution in [1.82, 2.24) is 10.6 Å². The largest absolute Gasteiger partial charge is 0.397 e. The van der Waals surface area contributed by atoms with Crippen LogP contribution in [0.25, 0.3) is 0 Å². The van der Waals surface area contributed by atoms with Gasteiger partial charge in [0.15, 0.2) is 0 Å². The average Bonchev–Trinajstić information content (AvgIpc) is 3.29. The average molecular weight is 624 g/mol. The first-order valence-corrected chi connectivity index (χ1v) is 18.8. The van der Waals surface area contributed by atoms with Crippen LogP contribution < -0.4 is 10.6 Å². The van der Waals surface area contributed by atoms with E-state index < -0.39 is 16.5 Å². The lowest BCUT2D eigenvalue weighted by atomic mass is 9.43. The Labute approximate surface area is 262 Å². The van der Waals surface area contributed by atoms with Crippen LogP contribution in [0.15, 0.2) is 0 Å². The van der Waals surface area contributed by atoms with Gasteiger partial charge in [-0.05, 0) is 149 Å². The molecule has 4 rings (SSSR count). The van der Waals surface area contributed by atoms with Crippen LogP contribution in [-0.2, 0) is 14.6 Å². The molecular formula is C34H61N3O5S. The Morgan fingerprint density at radius 1 is 0.953 bits per heavy atom. The Morgan fingerprint density at radius 3 is 2.35 bits per heavy atom. The molecule has 0 spiro atoms. The molecule has 0 aromatic carbocycles. The highest BCUT2D eigenvalue weighted by Gasteiger charge is 2.62. The summed E-state index contributed by atoms with van der Waals surface area (Å²) in [6, 6.07) is 2.75. The van der Waals surface area contributed by atoms with Gasteiger partial charge in [0.25, 0.3) is 0 Å². The molecule has 0 amide bonds. The second-order valence-corrected chi connectivity index (χ2v) is 16.7. The summed E-state index contributed by atoms with van der Waals surface area (Å²) in [7, 11) is -4.46. The normalized spacial score (nSPS) is 39.0. The van der Waals surface area contributed by atoms with Crippen LogP contribution in [0, 0.1) is 63.6 Å². The fourth-order valence-electron chi connectivity index (χ4n) is 10.6. The molecule has 248 valence electrons. The number of aliphatic hydroxyl groups is 1. The number of nitrogens with zero attached hydrogens (tertiary/aromatic N) is 1. The number of hydrogen-bond donors (Lipinski definition) is 4. The van der Waals surface area contributed by atoms with Crippen molar-refractivity contribution in [2.45, 2.75) is 136 Å². The van der Waals surface area contributed by atoms with Gasteiger partial charge in [0, 0.05) is 12.5 Å². The van der Waals surface area contributed by atoms with Crippen LogP contribution in [-0.4, -0.2) is 56.0 Å². The van der Waals surface area contributed by atoms with E-state index in [2.05, 4.69) is 37.5 Å². The topological polar surface area (TPSA) is 132 Å². The predicted octanol–water partition coefficient (Wildman–Crippen LogP) is 6.12. The molecule has 0 heterocycles. The molecule has 0 aliphatic heterocycles. The first-order valence-electron chi connectivity index (χ1n) is 17.4. The van der Waals surface area contributed by atoms with Gasteiger partial charge in [-0.2, -0.15) is 13.7 Å². The number of nitrogens with one attached hydrogen (secondary N) is 2. The summed E-state index contributed by atoms with van der Waals surface area (Å²) in [6.45, 7) is 14.2. The van der Waals surface area contributed by atoms with Gasteiger partial charge >= 0.3 is 10.4 Å². The Balaban J connectivity index is 1.32. The van der Waals surface area contributed by atoms with E-state index in [0.29, 0.717) is 59.8 Å². The van der Waals surface area contributed by atoms with Crippen LogP contribution in [0.3, 0.4) is 0 Å². The van der Waals surface area contributed by atoms with E-state index in [1.165, 1.54) is 44.9 Å². The number of fused-ring (bicyclic) bond motifs is 5.